The van der Waals surface area contributed by atoms with Gasteiger partial charge in [0, 0.05) is 25.6 Å². The van der Waals surface area contributed by atoms with E-state index >= 15 is 0 Å². The quantitative estimate of drug-likeness (QED) is 0.655. The summed E-state index contributed by atoms with van der Waals surface area (Å²) in [7, 11) is 1.54. The van der Waals surface area contributed by atoms with E-state index in [1.165, 1.54) is 18.9 Å². The first-order chi connectivity index (χ1) is 10.4. The molecule has 2 aromatic rings. The molecule has 0 unspecified atom stereocenters. The SMILES string of the molecule is CC(=O)N(C)c1cc(-c2ccccc2)oc1C(=O)N=C(N)N. The summed E-state index contributed by atoms with van der Waals surface area (Å²) in [5.74, 6) is -1.02. The number of anilines is 1. The highest BCUT2D eigenvalue weighted by Crippen LogP contribution is 2.31. The number of nitrogens with zero attached hydrogens (tertiary/aromatic N) is 2. The lowest BCUT2D eigenvalue weighted by molar-refractivity contribution is -0.116. The monoisotopic (exact) mass is 300 g/mol. The minimum atomic E-state index is -0.745. The summed E-state index contributed by atoms with van der Waals surface area (Å²) in [4.78, 5) is 28.4. The third-order valence-electron chi connectivity index (χ3n) is 3.03. The second kappa shape index (κ2) is 6.13. The van der Waals surface area contributed by atoms with Crippen LogP contribution in [-0.2, 0) is 4.79 Å². The van der Waals surface area contributed by atoms with Gasteiger partial charge in [-0.25, -0.2) is 0 Å². The summed E-state index contributed by atoms with van der Waals surface area (Å²) >= 11 is 0. The molecule has 0 fully saturated rings. The van der Waals surface area contributed by atoms with Crippen molar-refractivity contribution in [3.63, 3.8) is 0 Å². The van der Waals surface area contributed by atoms with Crippen LogP contribution in [0.4, 0.5) is 5.69 Å². The first-order valence-electron chi connectivity index (χ1n) is 6.47. The third-order valence-corrected chi connectivity index (χ3v) is 3.03. The lowest BCUT2D eigenvalue weighted by Gasteiger charge is -2.12. The van der Waals surface area contributed by atoms with Crippen molar-refractivity contribution in [3.05, 3.63) is 42.2 Å². The highest BCUT2D eigenvalue weighted by atomic mass is 16.4. The molecule has 0 atom stereocenters. The Morgan fingerprint density at radius 1 is 1.18 bits per heavy atom. The van der Waals surface area contributed by atoms with Crippen molar-refractivity contribution < 1.29 is 14.0 Å². The number of benzene rings is 1. The van der Waals surface area contributed by atoms with Gasteiger partial charge >= 0.3 is 5.91 Å². The number of hydrogen-bond donors (Lipinski definition) is 2. The van der Waals surface area contributed by atoms with Crippen LogP contribution in [0.1, 0.15) is 17.5 Å². The van der Waals surface area contributed by atoms with Crippen molar-refractivity contribution in [2.45, 2.75) is 6.92 Å². The minimum absolute atomic E-state index is 0.0926. The number of amides is 2. The van der Waals surface area contributed by atoms with Crippen LogP contribution in [0.25, 0.3) is 11.3 Å². The fourth-order valence-electron chi connectivity index (χ4n) is 1.87. The van der Waals surface area contributed by atoms with Gasteiger partial charge in [0.25, 0.3) is 0 Å². The highest BCUT2D eigenvalue weighted by molar-refractivity contribution is 6.06. The first kappa shape index (κ1) is 15.3. The lowest BCUT2D eigenvalue weighted by Crippen LogP contribution is -2.26. The number of carbonyl (C=O) groups excluding carboxylic acids is 2. The standard InChI is InChI=1S/C15H16N4O3/c1-9(20)19(2)11-8-12(10-6-4-3-5-7-10)22-13(11)14(21)18-15(16)17/h3-8H,1-2H3,(H4,16,17,18,21). The molecule has 0 aliphatic carbocycles. The third kappa shape index (κ3) is 3.14. The van der Waals surface area contributed by atoms with Crippen LogP contribution in [-0.4, -0.2) is 24.8 Å². The number of rotatable bonds is 3. The van der Waals surface area contributed by atoms with Gasteiger partial charge in [-0.15, -0.1) is 0 Å². The molecule has 0 bridgehead atoms. The maximum absolute atomic E-state index is 12.1. The van der Waals surface area contributed by atoms with E-state index in [9.17, 15) is 9.59 Å². The Bertz CT molecular complexity index is 731. The van der Waals surface area contributed by atoms with Gasteiger partial charge in [-0.05, 0) is 0 Å². The van der Waals surface area contributed by atoms with E-state index in [4.69, 9.17) is 15.9 Å². The molecule has 7 nitrogen and oxygen atoms in total. The van der Waals surface area contributed by atoms with Crippen LogP contribution in [0.15, 0.2) is 45.8 Å². The molecular formula is C15H16N4O3. The van der Waals surface area contributed by atoms with E-state index in [-0.39, 0.29) is 17.6 Å². The molecule has 4 N–H and O–H groups in total. The Morgan fingerprint density at radius 2 is 1.82 bits per heavy atom. The molecule has 0 saturated carbocycles. The lowest BCUT2D eigenvalue weighted by atomic mass is 10.2. The summed E-state index contributed by atoms with van der Waals surface area (Å²) in [6, 6.07) is 10.8. The first-order valence-corrected chi connectivity index (χ1v) is 6.47. The molecule has 1 heterocycles. The zero-order valence-electron chi connectivity index (χ0n) is 12.2. The normalized spacial score (nSPS) is 10.1. The maximum atomic E-state index is 12.1. The summed E-state index contributed by atoms with van der Waals surface area (Å²) in [5.41, 5.74) is 11.5. The van der Waals surface area contributed by atoms with Crippen LogP contribution in [0, 0.1) is 0 Å². The molecule has 0 spiro atoms. The largest absolute Gasteiger partial charge is 0.449 e. The van der Waals surface area contributed by atoms with Crippen molar-refractivity contribution in [3.8, 4) is 11.3 Å². The highest BCUT2D eigenvalue weighted by Gasteiger charge is 2.23. The van der Waals surface area contributed by atoms with Crippen LogP contribution in [0.5, 0.6) is 0 Å². The predicted octanol–water partition coefficient (Wildman–Crippen LogP) is 1.34. The van der Waals surface area contributed by atoms with E-state index in [1.54, 1.807) is 6.07 Å². The minimum Gasteiger partial charge on any atom is -0.449 e. The molecule has 2 amide bonds. The topological polar surface area (TPSA) is 115 Å². The van der Waals surface area contributed by atoms with E-state index < -0.39 is 5.91 Å². The fraction of sp³-hybridized carbons (Fsp3) is 0.133. The van der Waals surface area contributed by atoms with Gasteiger partial charge in [-0.1, -0.05) is 30.3 Å². The van der Waals surface area contributed by atoms with E-state index in [2.05, 4.69) is 4.99 Å². The van der Waals surface area contributed by atoms with Crippen molar-refractivity contribution >= 4 is 23.5 Å². The maximum Gasteiger partial charge on any atom is 0.318 e. The second-order valence-electron chi connectivity index (χ2n) is 4.61. The summed E-state index contributed by atoms with van der Waals surface area (Å²) < 4.78 is 5.57. The van der Waals surface area contributed by atoms with Gasteiger partial charge < -0.3 is 20.8 Å². The average Bonchev–Trinajstić information content (AvgIpc) is 2.91. The van der Waals surface area contributed by atoms with Gasteiger partial charge in [0.1, 0.15) is 5.76 Å². The number of hydrogen-bond acceptors (Lipinski definition) is 3. The number of aliphatic imine (C=N–C) groups is 1. The fourth-order valence-corrected chi connectivity index (χ4v) is 1.87. The molecule has 2 rings (SSSR count). The molecule has 114 valence electrons. The molecule has 0 aliphatic heterocycles. The van der Waals surface area contributed by atoms with Crippen LogP contribution in [0.3, 0.4) is 0 Å². The Hall–Kier alpha value is -3.09. The van der Waals surface area contributed by atoms with Gasteiger partial charge in [0.05, 0.1) is 5.69 Å². The Morgan fingerprint density at radius 3 is 2.36 bits per heavy atom. The van der Waals surface area contributed by atoms with Gasteiger partial charge in [0.15, 0.2) is 5.96 Å². The smallest absolute Gasteiger partial charge is 0.318 e. The van der Waals surface area contributed by atoms with E-state index in [1.807, 2.05) is 30.3 Å². The zero-order chi connectivity index (χ0) is 16.3. The number of carbonyl (C=O) groups is 2. The molecular weight excluding hydrogens is 284 g/mol. The molecule has 0 aliphatic rings. The van der Waals surface area contributed by atoms with Gasteiger partial charge in [0.2, 0.25) is 11.7 Å². The molecule has 7 heteroatoms. The number of nitrogens with two attached hydrogens (primary N) is 2. The van der Waals surface area contributed by atoms with E-state index in [0.717, 1.165) is 5.56 Å². The van der Waals surface area contributed by atoms with Gasteiger partial charge in [-0.2, -0.15) is 4.99 Å². The van der Waals surface area contributed by atoms with Crippen molar-refractivity contribution in [2.75, 3.05) is 11.9 Å². The second-order valence-corrected chi connectivity index (χ2v) is 4.61. The number of guanidine groups is 1. The van der Waals surface area contributed by atoms with Crippen molar-refractivity contribution in [1.29, 1.82) is 0 Å². The molecule has 22 heavy (non-hydrogen) atoms. The van der Waals surface area contributed by atoms with Crippen molar-refractivity contribution in [1.82, 2.24) is 0 Å². The summed E-state index contributed by atoms with van der Waals surface area (Å²) in [6.45, 7) is 1.38. The number of furan rings is 1. The Labute approximate surface area is 127 Å². The van der Waals surface area contributed by atoms with Crippen LogP contribution < -0.4 is 16.4 Å². The zero-order valence-corrected chi connectivity index (χ0v) is 12.2. The summed E-state index contributed by atoms with van der Waals surface area (Å²) in [5, 5.41) is 0. The van der Waals surface area contributed by atoms with Crippen molar-refractivity contribution in [2.24, 2.45) is 16.5 Å². The summed E-state index contributed by atoms with van der Waals surface area (Å²) in [6.07, 6.45) is 0. The Balaban J connectivity index is 2.55. The predicted molar refractivity (Wildman–Crippen MR) is 83.4 cm³/mol. The molecule has 1 aromatic carbocycles. The molecule has 0 saturated heterocycles. The average molecular weight is 300 g/mol. The molecule has 1 aromatic heterocycles. The van der Waals surface area contributed by atoms with Gasteiger partial charge in [-0.3, -0.25) is 9.59 Å². The van der Waals surface area contributed by atoms with Crippen LogP contribution in [0.2, 0.25) is 0 Å². The van der Waals surface area contributed by atoms with Crippen LogP contribution >= 0.6 is 0 Å². The Kier molecular flexibility index (Phi) is 4.26. The molecule has 0 radical (unpaired) electrons. The van der Waals surface area contributed by atoms with E-state index in [0.29, 0.717) is 11.4 Å².